The molecule has 1 saturated heterocycles. The lowest BCUT2D eigenvalue weighted by Gasteiger charge is -2.33. The van der Waals surface area contributed by atoms with Crippen LogP contribution in [0.25, 0.3) is 0 Å². The van der Waals surface area contributed by atoms with Gasteiger partial charge in [-0.15, -0.1) is 0 Å². The summed E-state index contributed by atoms with van der Waals surface area (Å²) in [7, 11) is 0. The van der Waals surface area contributed by atoms with Crippen LogP contribution in [0.3, 0.4) is 0 Å². The van der Waals surface area contributed by atoms with E-state index in [0.29, 0.717) is 30.3 Å². The molecule has 0 bridgehead atoms. The highest BCUT2D eigenvalue weighted by Crippen LogP contribution is 2.22. The number of ether oxygens (including phenoxy) is 2. The molecular formula is C25H28N2O4. The number of amides is 1. The molecule has 1 fully saturated rings. The normalized spacial score (nSPS) is 16.1. The number of nitriles is 1. The third-order valence-electron chi connectivity index (χ3n) is 5.56. The summed E-state index contributed by atoms with van der Waals surface area (Å²) in [5, 5.41) is 8.84. The quantitative estimate of drug-likeness (QED) is 0.638. The number of benzene rings is 2. The van der Waals surface area contributed by atoms with Gasteiger partial charge in [0.15, 0.2) is 12.2 Å². The number of hydrogen-bond donors (Lipinski definition) is 0. The number of nitrogens with zero attached hydrogens (tertiary/aromatic N) is 2. The maximum atomic E-state index is 12.7. The molecule has 2 atom stereocenters. The zero-order valence-electron chi connectivity index (χ0n) is 18.0. The molecule has 6 heteroatoms. The minimum Gasteiger partial charge on any atom is -0.479 e. The molecule has 0 aromatic heterocycles. The highest BCUT2D eigenvalue weighted by Gasteiger charge is 2.29. The van der Waals surface area contributed by atoms with E-state index in [1.165, 1.54) is 5.56 Å². The lowest BCUT2D eigenvalue weighted by Crippen LogP contribution is -2.45. The van der Waals surface area contributed by atoms with Crippen molar-refractivity contribution in [3.63, 3.8) is 0 Å². The van der Waals surface area contributed by atoms with Crippen LogP contribution in [0.15, 0.2) is 54.6 Å². The first kappa shape index (κ1) is 22.4. The fourth-order valence-corrected chi connectivity index (χ4v) is 3.74. The van der Waals surface area contributed by atoms with Crippen LogP contribution in [-0.4, -0.2) is 42.1 Å². The van der Waals surface area contributed by atoms with Gasteiger partial charge in [0.25, 0.3) is 5.91 Å². The zero-order chi connectivity index (χ0) is 22.2. The molecule has 2 aromatic rings. The summed E-state index contributed by atoms with van der Waals surface area (Å²) in [6, 6.07) is 18.9. The van der Waals surface area contributed by atoms with Crippen LogP contribution in [0.5, 0.6) is 5.75 Å². The van der Waals surface area contributed by atoms with Gasteiger partial charge < -0.3 is 14.4 Å². The Morgan fingerprint density at radius 1 is 1.03 bits per heavy atom. The van der Waals surface area contributed by atoms with Gasteiger partial charge in [-0.2, -0.15) is 5.26 Å². The topological polar surface area (TPSA) is 79.6 Å². The lowest BCUT2D eigenvalue weighted by atomic mass is 9.90. The summed E-state index contributed by atoms with van der Waals surface area (Å²) >= 11 is 0. The van der Waals surface area contributed by atoms with Crippen LogP contribution in [0.2, 0.25) is 0 Å². The number of rotatable bonds is 7. The van der Waals surface area contributed by atoms with Crippen molar-refractivity contribution in [1.82, 2.24) is 4.90 Å². The molecular weight excluding hydrogens is 392 g/mol. The molecule has 1 aliphatic rings. The van der Waals surface area contributed by atoms with Crippen LogP contribution in [0, 0.1) is 17.2 Å². The van der Waals surface area contributed by atoms with Crippen LogP contribution in [0.4, 0.5) is 0 Å². The Morgan fingerprint density at radius 3 is 2.29 bits per heavy atom. The van der Waals surface area contributed by atoms with E-state index in [9.17, 15) is 9.59 Å². The first-order valence-corrected chi connectivity index (χ1v) is 10.7. The fourth-order valence-electron chi connectivity index (χ4n) is 3.74. The number of esters is 1. The minimum atomic E-state index is -0.861. The summed E-state index contributed by atoms with van der Waals surface area (Å²) in [5.74, 6) is 0.259. The Bertz CT molecular complexity index is 913. The third-order valence-corrected chi connectivity index (χ3v) is 5.56. The first-order valence-electron chi connectivity index (χ1n) is 10.7. The summed E-state index contributed by atoms with van der Waals surface area (Å²) in [4.78, 5) is 26.9. The molecule has 0 radical (unpaired) electrons. The van der Waals surface area contributed by atoms with Gasteiger partial charge >= 0.3 is 5.97 Å². The van der Waals surface area contributed by atoms with E-state index in [-0.39, 0.29) is 5.91 Å². The largest absolute Gasteiger partial charge is 0.479 e. The number of carbonyl (C=O) groups excluding carboxylic acids is 2. The van der Waals surface area contributed by atoms with Crippen LogP contribution in [-0.2, 0) is 20.7 Å². The summed E-state index contributed by atoms with van der Waals surface area (Å²) in [6.45, 7) is 4.53. The van der Waals surface area contributed by atoms with E-state index in [1.54, 1.807) is 43.0 Å². The van der Waals surface area contributed by atoms with E-state index in [0.717, 1.165) is 19.3 Å². The van der Waals surface area contributed by atoms with Crippen molar-refractivity contribution in [3.8, 4) is 11.8 Å². The van der Waals surface area contributed by atoms with Crippen LogP contribution in [0.1, 0.15) is 37.8 Å². The minimum absolute atomic E-state index is 0.169. The van der Waals surface area contributed by atoms with E-state index < -0.39 is 18.2 Å². The summed E-state index contributed by atoms with van der Waals surface area (Å²) < 4.78 is 10.9. The van der Waals surface area contributed by atoms with Gasteiger partial charge in [0.05, 0.1) is 11.6 Å². The van der Waals surface area contributed by atoms with Gasteiger partial charge in [0.1, 0.15) is 5.75 Å². The zero-order valence-corrected chi connectivity index (χ0v) is 18.0. The molecule has 0 unspecified atom stereocenters. The Balaban J connectivity index is 1.44. The fraction of sp³-hybridized carbons (Fsp3) is 0.400. The monoisotopic (exact) mass is 420 g/mol. The Labute approximate surface area is 183 Å². The van der Waals surface area contributed by atoms with Gasteiger partial charge in [0.2, 0.25) is 0 Å². The van der Waals surface area contributed by atoms with Gasteiger partial charge in [-0.25, -0.2) is 4.79 Å². The summed E-state index contributed by atoms with van der Waals surface area (Å²) in [5.41, 5.74) is 1.83. The Morgan fingerprint density at radius 2 is 1.68 bits per heavy atom. The van der Waals surface area contributed by atoms with Crippen LogP contribution < -0.4 is 4.74 Å². The molecule has 162 valence electrons. The van der Waals surface area contributed by atoms with Crippen molar-refractivity contribution >= 4 is 11.9 Å². The predicted octanol–water partition coefficient (Wildman–Crippen LogP) is 3.74. The van der Waals surface area contributed by atoms with E-state index >= 15 is 0 Å². The molecule has 0 N–H and O–H groups in total. The maximum absolute atomic E-state index is 12.7. The molecule has 1 heterocycles. The smallest absolute Gasteiger partial charge is 0.347 e. The predicted molar refractivity (Wildman–Crippen MR) is 116 cm³/mol. The average Bonchev–Trinajstić information content (AvgIpc) is 2.80. The maximum Gasteiger partial charge on any atom is 0.347 e. The first-order chi connectivity index (χ1) is 15.0. The second kappa shape index (κ2) is 10.6. The number of piperidine rings is 1. The van der Waals surface area contributed by atoms with Crippen molar-refractivity contribution < 1.29 is 19.1 Å². The SMILES string of the molecule is C[C@@H](Oc1ccc(C#N)cc1)C(=O)O[C@H](C)C(=O)N1CCC(Cc2ccccc2)CC1. The summed E-state index contributed by atoms with van der Waals surface area (Å²) in [6.07, 6.45) is 1.20. The second-order valence-corrected chi connectivity index (χ2v) is 7.93. The van der Waals surface area contributed by atoms with Gasteiger partial charge in [-0.05, 0) is 68.9 Å². The van der Waals surface area contributed by atoms with Gasteiger partial charge in [-0.3, -0.25) is 4.79 Å². The van der Waals surface area contributed by atoms with Crippen molar-refractivity contribution in [1.29, 1.82) is 5.26 Å². The highest BCUT2D eigenvalue weighted by atomic mass is 16.6. The third kappa shape index (κ3) is 6.32. The molecule has 0 aliphatic carbocycles. The molecule has 1 amide bonds. The number of hydrogen-bond acceptors (Lipinski definition) is 5. The number of likely N-dealkylation sites (tertiary alicyclic amines) is 1. The van der Waals surface area contributed by atoms with Gasteiger partial charge in [0, 0.05) is 13.1 Å². The van der Waals surface area contributed by atoms with E-state index in [2.05, 4.69) is 24.3 Å². The highest BCUT2D eigenvalue weighted by molar-refractivity contribution is 5.84. The number of carbonyl (C=O) groups is 2. The van der Waals surface area contributed by atoms with Crippen LogP contribution >= 0.6 is 0 Å². The molecule has 2 aromatic carbocycles. The molecule has 1 aliphatic heterocycles. The standard InChI is InChI=1S/C25H28N2O4/c1-18(31-25(29)19(2)30-23-10-8-22(17-26)9-11-23)24(28)27-14-12-21(13-15-27)16-20-6-4-3-5-7-20/h3-11,18-19,21H,12-16H2,1-2H3/t18-,19-/m1/s1. The molecule has 31 heavy (non-hydrogen) atoms. The van der Waals surface area contributed by atoms with Crippen molar-refractivity contribution in [2.24, 2.45) is 5.92 Å². The van der Waals surface area contributed by atoms with Crippen molar-refractivity contribution in [2.45, 2.75) is 45.3 Å². The van der Waals surface area contributed by atoms with E-state index in [1.807, 2.05) is 12.1 Å². The molecule has 3 rings (SSSR count). The lowest BCUT2D eigenvalue weighted by molar-refractivity contribution is -0.164. The molecule has 6 nitrogen and oxygen atoms in total. The van der Waals surface area contributed by atoms with Crippen molar-refractivity contribution in [2.75, 3.05) is 13.1 Å². The van der Waals surface area contributed by atoms with E-state index in [4.69, 9.17) is 14.7 Å². The average molecular weight is 421 g/mol. The molecule has 0 spiro atoms. The molecule has 0 saturated carbocycles. The Kier molecular flexibility index (Phi) is 7.66. The second-order valence-electron chi connectivity index (χ2n) is 7.93. The van der Waals surface area contributed by atoms with Gasteiger partial charge in [-0.1, -0.05) is 30.3 Å². The Hall–Kier alpha value is -3.33. The van der Waals surface area contributed by atoms with Crippen molar-refractivity contribution in [3.05, 3.63) is 65.7 Å².